The van der Waals surface area contributed by atoms with Gasteiger partial charge >= 0.3 is 0 Å². The predicted octanol–water partition coefficient (Wildman–Crippen LogP) is 3.77. The first kappa shape index (κ1) is 24.0. The van der Waals surface area contributed by atoms with E-state index in [9.17, 15) is 10.1 Å². The van der Waals surface area contributed by atoms with E-state index in [2.05, 4.69) is 15.8 Å². The number of primary amides is 1. The van der Waals surface area contributed by atoms with Gasteiger partial charge < -0.3 is 20.1 Å². The summed E-state index contributed by atoms with van der Waals surface area (Å²) in [6.45, 7) is 12.5. The van der Waals surface area contributed by atoms with Crippen LogP contribution in [0.15, 0.2) is 35.4 Å². The molecule has 1 aromatic heterocycles. The summed E-state index contributed by atoms with van der Waals surface area (Å²) in [4.78, 5) is 23.0. The first-order valence-electron chi connectivity index (χ1n) is 11.4. The van der Waals surface area contributed by atoms with Gasteiger partial charge in [-0.2, -0.15) is 5.26 Å². The van der Waals surface area contributed by atoms with Crippen molar-refractivity contribution >= 4 is 29.2 Å². The fraction of sp³-hybridized carbons (Fsp3) is 0.440. The molecule has 2 aromatic rings. The van der Waals surface area contributed by atoms with Crippen LogP contribution in [0.25, 0.3) is 4.85 Å². The van der Waals surface area contributed by atoms with Crippen molar-refractivity contribution in [3.05, 3.63) is 58.4 Å². The lowest BCUT2D eigenvalue weighted by atomic mass is 10.0. The number of carbonyl (C=O) groups excluding carboxylic acids is 1. The van der Waals surface area contributed by atoms with E-state index in [4.69, 9.17) is 26.8 Å². The Bertz CT molecular complexity index is 1120. The van der Waals surface area contributed by atoms with Crippen LogP contribution in [0.4, 0.5) is 11.5 Å². The van der Waals surface area contributed by atoms with Crippen molar-refractivity contribution in [2.75, 3.05) is 31.2 Å². The monoisotopic (exact) mass is 477 g/mol. The largest absolute Gasteiger partial charge is 0.376 e. The fourth-order valence-corrected chi connectivity index (χ4v) is 5.33. The van der Waals surface area contributed by atoms with E-state index in [1.807, 2.05) is 37.3 Å². The number of anilines is 1. The Balaban J connectivity index is 1.66. The van der Waals surface area contributed by atoms with Gasteiger partial charge in [0.1, 0.15) is 28.3 Å². The minimum atomic E-state index is -0.694. The second kappa shape index (κ2) is 10.9. The molecule has 0 saturated carbocycles. The molecule has 2 saturated heterocycles. The van der Waals surface area contributed by atoms with Gasteiger partial charge in [0.25, 0.3) is 0 Å². The van der Waals surface area contributed by atoms with E-state index < -0.39 is 11.2 Å². The summed E-state index contributed by atoms with van der Waals surface area (Å²) in [7, 11) is 0. The van der Waals surface area contributed by atoms with Crippen LogP contribution in [0.1, 0.15) is 41.7 Å². The molecule has 2 N–H and O–H groups in total. The first-order chi connectivity index (χ1) is 16.5. The standard InChI is InChI=1S/C25H27N5O3S/c1-3-19-20(13-26)25(34-22(23(27)31)16-7-5-4-6-8-16)29-24(21(19)28-2)30-11-9-17(10-12-30)33-18-14-32-15-18/h4-8,17-18,22H,3,9-12,14-15H2,1H3,(H2,27,31). The molecule has 4 rings (SSSR count). The Labute approximate surface area is 203 Å². The lowest BCUT2D eigenvalue weighted by molar-refractivity contribution is -0.157. The molecule has 1 unspecified atom stereocenters. The number of aromatic nitrogens is 1. The normalized spacial score (nSPS) is 17.4. The number of hydrogen-bond donors (Lipinski definition) is 1. The van der Waals surface area contributed by atoms with Crippen LogP contribution >= 0.6 is 11.8 Å². The number of piperidine rings is 1. The van der Waals surface area contributed by atoms with Gasteiger partial charge in [0, 0.05) is 13.1 Å². The summed E-state index contributed by atoms with van der Waals surface area (Å²) in [6, 6.07) is 11.5. The zero-order valence-electron chi connectivity index (χ0n) is 19.1. The number of rotatable bonds is 8. The first-order valence-corrected chi connectivity index (χ1v) is 12.3. The average molecular weight is 478 g/mol. The molecule has 2 aliphatic rings. The molecule has 2 aliphatic heterocycles. The van der Waals surface area contributed by atoms with Gasteiger partial charge in [-0.25, -0.2) is 9.83 Å². The summed E-state index contributed by atoms with van der Waals surface area (Å²) in [5, 5.41) is 9.69. The van der Waals surface area contributed by atoms with Crippen LogP contribution in [0.5, 0.6) is 0 Å². The Kier molecular flexibility index (Phi) is 7.69. The molecule has 9 heteroatoms. The van der Waals surface area contributed by atoms with E-state index in [1.54, 1.807) is 0 Å². The molecule has 1 aromatic carbocycles. The maximum absolute atomic E-state index is 12.3. The number of nitriles is 1. The van der Waals surface area contributed by atoms with Crippen molar-refractivity contribution in [2.45, 2.75) is 48.7 Å². The number of carbonyl (C=O) groups is 1. The molecule has 1 atom stereocenters. The van der Waals surface area contributed by atoms with Crippen molar-refractivity contribution in [2.24, 2.45) is 5.73 Å². The van der Waals surface area contributed by atoms with Gasteiger partial charge in [-0.15, -0.1) is 0 Å². The quantitative estimate of drug-likeness (QED) is 0.456. The third-order valence-corrected chi connectivity index (χ3v) is 7.38. The number of hydrogen-bond acceptors (Lipinski definition) is 7. The zero-order valence-corrected chi connectivity index (χ0v) is 19.9. The van der Waals surface area contributed by atoms with Crippen LogP contribution < -0.4 is 10.6 Å². The molecule has 3 heterocycles. The third kappa shape index (κ3) is 5.02. The van der Waals surface area contributed by atoms with E-state index in [0.29, 0.717) is 60.4 Å². The second-order valence-electron chi connectivity index (χ2n) is 8.31. The van der Waals surface area contributed by atoms with Crippen LogP contribution in [0.2, 0.25) is 0 Å². The SMILES string of the molecule is [C-]#[N+]c1c(N2CCC(OC3COC3)CC2)nc(SC(C(N)=O)c2ccccc2)c(C#N)c1CC. The van der Waals surface area contributed by atoms with Crippen LogP contribution in [-0.4, -0.2) is 49.4 Å². The minimum Gasteiger partial charge on any atom is -0.376 e. The van der Waals surface area contributed by atoms with Crippen LogP contribution in [-0.2, 0) is 20.7 Å². The molecule has 0 radical (unpaired) electrons. The Morgan fingerprint density at radius 2 is 2.06 bits per heavy atom. The molecular weight excluding hydrogens is 450 g/mol. The number of nitrogens with two attached hydrogens (primary N) is 1. The Morgan fingerprint density at radius 1 is 1.35 bits per heavy atom. The van der Waals surface area contributed by atoms with Crippen molar-refractivity contribution in [3.8, 4) is 6.07 Å². The second-order valence-corrected chi connectivity index (χ2v) is 9.41. The highest BCUT2D eigenvalue weighted by Crippen LogP contribution is 2.43. The Morgan fingerprint density at radius 3 is 2.59 bits per heavy atom. The van der Waals surface area contributed by atoms with E-state index >= 15 is 0 Å². The molecular formula is C25H27N5O3S. The zero-order chi connectivity index (χ0) is 24.1. The van der Waals surface area contributed by atoms with E-state index in [1.165, 1.54) is 11.8 Å². The molecule has 8 nitrogen and oxygen atoms in total. The number of ether oxygens (including phenoxy) is 2. The highest BCUT2D eigenvalue weighted by molar-refractivity contribution is 8.00. The third-order valence-electron chi connectivity index (χ3n) is 6.12. The summed E-state index contributed by atoms with van der Waals surface area (Å²) in [5.74, 6) is 0.0590. The molecule has 0 bridgehead atoms. The smallest absolute Gasteiger partial charge is 0.235 e. The van der Waals surface area contributed by atoms with Crippen molar-refractivity contribution in [1.29, 1.82) is 5.26 Å². The maximum Gasteiger partial charge on any atom is 0.235 e. The highest BCUT2D eigenvalue weighted by Gasteiger charge is 2.31. The maximum atomic E-state index is 12.3. The fourth-order valence-electron chi connectivity index (χ4n) is 4.27. The highest BCUT2D eigenvalue weighted by atomic mass is 32.2. The summed E-state index contributed by atoms with van der Waals surface area (Å²) in [6.07, 6.45) is 2.51. The van der Waals surface area contributed by atoms with E-state index in [0.717, 1.165) is 18.4 Å². The molecule has 0 spiro atoms. The van der Waals surface area contributed by atoms with Crippen molar-refractivity contribution < 1.29 is 14.3 Å². The lowest BCUT2D eigenvalue weighted by Crippen LogP contribution is -2.44. The average Bonchev–Trinajstić information content (AvgIpc) is 2.84. The summed E-state index contributed by atoms with van der Waals surface area (Å²) in [5.41, 5.74) is 7.89. The number of pyridine rings is 1. The van der Waals surface area contributed by atoms with Gasteiger partial charge in [-0.1, -0.05) is 49.0 Å². The van der Waals surface area contributed by atoms with Crippen LogP contribution in [0.3, 0.4) is 0 Å². The van der Waals surface area contributed by atoms with Crippen molar-refractivity contribution in [3.63, 3.8) is 0 Å². The van der Waals surface area contributed by atoms with Crippen molar-refractivity contribution in [1.82, 2.24) is 4.98 Å². The lowest BCUT2D eigenvalue weighted by Gasteiger charge is -2.37. The van der Waals surface area contributed by atoms with E-state index in [-0.39, 0.29) is 12.2 Å². The number of nitrogens with zero attached hydrogens (tertiary/aromatic N) is 4. The van der Waals surface area contributed by atoms with Gasteiger partial charge in [-0.3, -0.25) is 4.79 Å². The summed E-state index contributed by atoms with van der Waals surface area (Å²) >= 11 is 1.17. The molecule has 1 amide bonds. The molecule has 176 valence electrons. The van der Waals surface area contributed by atoms with Crippen LogP contribution in [0, 0.1) is 17.9 Å². The molecule has 0 aliphatic carbocycles. The molecule has 2 fully saturated rings. The number of amides is 1. The van der Waals surface area contributed by atoms with Gasteiger partial charge in [0.15, 0.2) is 0 Å². The summed E-state index contributed by atoms with van der Waals surface area (Å²) < 4.78 is 11.3. The Hall–Kier alpha value is -3.11. The van der Waals surface area contributed by atoms with Gasteiger partial charge in [-0.05, 0) is 30.4 Å². The predicted molar refractivity (Wildman–Crippen MR) is 130 cm³/mol. The number of benzene rings is 1. The van der Waals surface area contributed by atoms with Gasteiger partial charge in [0.2, 0.25) is 11.6 Å². The number of thioether (sulfide) groups is 1. The minimum absolute atomic E-state index is 0.164. The van der Waals surface area contributed by atoms with Gasteiger partial charge in [0.05, 0.1) is 31.5 Å². The topological polar surface area (TPSA) is 106 Å². The molecule has 34 heavy (non-hydrogen) atoms.